The molecule has 23 heavy (non-hydrogen) atoms. The van der Waals surface area contributed by atoms with Crippen LogP contribution in [-0.4, -0.2) is 25.9 Å². The Morgan fingerprint density at radius 1 is 1.04 bits per heavy atom. The van der Waals surface area contributed by atoms with Gasteiger partial charge in [0.1, 0.15) is 6.29 Å². The molecule has 0 heterocycles. The van der Waals surface area contributed by atoms with Crippen LogP contribution < -0.4 is 4.90 Å². The predicted octanol–water partition coefficient (Wildman–Crippen LogP) is 3.76. The summed E-state index contributed by atoms with van der Waals surface area (Å²) < 4.78 is 4.66. The first kappa shape index (κ1) is 16.7. The van der Waals surface area contributed by atoms with Crippen molar-refractivity contribution >= 4 is 23.6 Å². The van der Waals surface area contributed by atoms with Crippen molar-refractivity contribution in [2.75, 3.05) is 18.6 Å². The van der Waals surface area contributed by atoms with Crippen molar-refractivity contribution in [1.82, 2.24) is 0 Å². The summed E-state index contributed by atoms with van der Waals surface area (Å²) in [6.07, 6.45) is 1.91. The number of benzene rings is 2. The highest BCUT2D eigenvalue weighted by Crippen LogP contribution is 2.25. The SMILES string of the molecule is CCN(c1ccc(C=O)cc1)c1ccc(CCC(=O)OC)cc1. The summed E-state index contributed by atoms with van der Waals surface area (Å²) in [6.45, 7) is 2.90. The summed E-state index contributed by atoms with van der Waals surface area (Å²) in [4.78, 5) is 24.1. The van der Waals surface area contributed by atoms with Crippen molar-refractivity contribution in [1.29, 1.82) is 0 Å². The number of anilines is 2. The molecule has 0 aromatic heterocycles. The number of ether oxygens (including phenoxy) is 1. The highest BCUT2D eigenvalue weighted by atomic mass is 16.5. The third kappa shape index (κ3) is 4.42. The maximum atomic E-state index is 11.2. The lowest BCUT2D eigenvalue weighted by Gasteiger charge is -2.23. The van der Waals surface area contributed by atoms with Crippen LogP contribution in [0.1, 0.15) is 29.3 Å². The van der Waals surface area contributed by atoms with Crippen LogP contribution in [0.5, 0.6) is 0 Å². The molecule has 0 amide bonds. The van der Waals surface area contributed by atoms with E-state index >= 15 is 0 Å². The van der Waals surface area contributed by atoms with Gasteiger partial charge in [-0.1, -0.05) is 12.1 Å². The number of methoxy groups -OCH3 is 1. The minimum absolute atomic E-state index is 0.195. The van der Waals surface area contributed by atoms with Gasteiger partial charge in [0.25, 0.3) is 0 Å². The Labute approximate surface area is 136 Å². The molecule has 0 aliphatic carbocycles. The Hall–Kier alpha value is -2.62. The average Bonchev–Trinajstić information content (AvgIpc) is 2.62. The molecule has 0 aliphatic heterocycles. The van der Waals surface area contributed by atoms with Crippen molar-refractivity contribution in [3.8, 4) is 0 Å². The van der Waals surface area contributed by atoms with Gasteiger partial charge in [0, 0.05) is 29.9 Å². The van der Waals surface area contributed by atoms with Gasteiger partial charge < -0.3 is 9.64 Å². The predicted molar refractivity (Wildman–Crippen MR) is 91.3 cm³/mol. The van der Waals surface area contributed by atoms with E-state index in [4.69, 9.17) is 0 Å². The average molecular weight is 311 g/mol. The molecule has 2 aromatic carbocycles. The van der Waals surface area contributed by atoms with E-state index < -0.39 is 0 Å². The van der Waals surface area contributed by atoms with Crippen LogP contribution in [-0.2, 0) is 16.0 Å². The zero-order chi connectivity index (χ0) is 16.7. The van der Waals surface area contributed by atoms with Gasteiger partial charge in [0.2, 0.25) is 0 Å². The number of nitrogens with zero attached hydrogens (tertiary/aromatic N) is 1. The van der Waals surface area contributed by atoms with Crippen LogP contribution in [0.15, 0.2) is 48.5 Å². The molecule has 0 unspecified atom stereocenters. The molecule has 4 nitrogen and oxygen atoms in total. The zero-order valence-corrected chi connectivity index (χ0v) is 13.5. The van der Waals surface area contributed by atoms with Crippen LogP contribution in [0, 0.1) is 0 Å². The summed E-state index contributed by atoms with van der Waals surface area (Å²) >= 11 is 0. The van der Waals surface area contributed by atoms with Gasteiger partial charge in [0.05, 0.1) is 7.11 Å². The van der Waals surface area contributed by atoms with Gasteiger partial charge in [-0.25, -0.2) is 0 Å². The summed E-state index contributed by atoms with van der Waals surface area (Å²) in [7, 11) is 1.40. The fourth-order valence-electron chi connectivity index (χ4n) is 2.44. The number of hydrogen-bond acceptors (Lipinski definition) is 4. The third-order valence-electron chi connectivity index (χ3n) is 3.75. The molecule has 0 saturated carbocycles. The maximum Gasteiger partial charge on any atom is 0.305 e. The van der Waals surface area contributed by atoms with E-state index in [9.17, 15) is 9.59 Å². The highest BCUT2D eigenvalue weighted by Gasteiger charge is 2.08. The van der Waals surface area contributed by atoms with Gasteiger partial charge >= 0.3 is 5.97 Å². The molecular formula is C19H21NO3. The largest absolute Gasteiger partial charge is 0.469 e. The minimum Gasteiger partial charge on any atom is -0.469 e. The summed E-state index contributed by atoms with van der Waals surface area (Å²) in [5.41, 5.74) is 3.89. The molecule has 0 N–H and O–H groups in total. The molecule has 0 aliphatic rings. The van der Waals surface area contributed by atoms with E-state index in [1.165, 1.54) is 7.11 Å². The number of carbonyl (C=O) groups is 2. The second-order valence-electron chi connectivity index (χ2n) is 5.20. The van der Waals surface area contributed by atoms with Crippen molar-refractivity contribution in [3.05, 3.63) is 59.7 Å². The first-order valence-corrected chi connectivity index (χ1v) is 7.66. The van der Waals surface area contributed by atoms with E-state index in [2.05, 4.69) is 16.6 Å². The number of aryl methyl sites for hydroxylation is 1. The lowest BCUT2D eigenvalue weighted by atomic mass is 10.1. The standard InChI is InChI=1S/C19H21NO3/c1-3-20(18-11-6-16(14-21)7-12-18)17-9-4-15(5-10-17)8-13-19(22)23-2/h4-7,9-12,14H,3,8,13H2,1-2H3. The Kier molecular flexibility index (Phi) is 5.92. The molecule has 0 radical (unpaired) electrons. The fraction of sp³-hybridized carbons (Fsp3) is 0.263. The van der Waals surface area contributed by atoms with Gasteiger partial charge in [0.15, 0.2) is 0 Å². The summed E-state index contributed by atoms with van der Waals surface area (Å²) in [6, 6.07) is 15.7. The monoisotopic (exact) mass is 311 g/mol. The third-order valence-corrected chi connectivity index (χ3v) is 3.75. The molecule has 0 saturated heterocycles. The van der Waals surface area contributed by atoms with Gasteiger partial charge in [-0.05, 0) is 55.3 Å². The Bertz CT molecular complexity index is 647. The van der Waals surface area contributed by atoms with Crippen LogP contribution in [0.3, 0.4) is 0 Å². The number of aldehydes is 1. The Morgan fingerprint density at radius 2 is 1.61 bits per heavy atom. The van der Waals surface area contributed by atoms with Crippen LogP contribution in [0.2, 0.25) is 0 Å². The smallest absolute Gasteiger partial charge is 0.305 e. The second kappa shape index (κ2) is 8.13. The van der Waals surface area contributed by atoms with Crippen molar-refractivity contribution in [3.63, 3.8) is 0 Å². The maximum absolute atomic E-state index is 11.2. The van der Waals surface area contributed by atoms with E-state index in [1.54, 1.807) is 0 Å². The van der Waals surface area contributed by atoms with Crippen molar-refractivity contribution in [2.24, 2.45) is 0 Å². The molecule has 0 fully saturated rings. The van der Waals surface area contributed by atoms with E-state index in [0.29, 0.717) is 18.4 Å². The molecule has 2 aromatic rings. The Balaban J connectivity index is 2.11. The fourth-order valence-corrected chi connectivity index (χ4v) is 2.44. The molecule has 0 atom stereocenters. The highest BCUT2D eigenvalue weighted by molar-refractivity contribution is 5.76. The molecular weight excluding hydrogens is 290 g/mol. The van der Waals surface area contributed by atoms with Crippen LogP contribution in [0.25, 0.3) is 0 Å². The first-order valence-electron chi connectivity index (χ1n) is 7.66. The number of rotatable bonds is 7. The van der Waals surface area contributed by atoms with Crippen molar-refractivity contribution in [2.45, 2.75) is 19.8 Å². The van der Waals surface area contributed by atoms with Gasteiger partial charge in [-0.3, -0.25) is 9.59 Å². The summed E-state index contributed by atoms with van der Waals surface area (Å²) in [5, 5.41) is 0. The lowest BCUT2D eigenvalue weighted by molar-refractivity contribution is -0.140. The molecule has 0 spiro atoms. The number of esters is 1. The summed E-state index contributed by atoms with van der Waals surface area (Å²) in [5.74, 6) is -0.195. The van der Waals surface area contributed by atoms with Crippen LogP contribution >= 0.6 is 0 Å². The number of carbonyl (C=O) groups excluding carboxylic acids is 2. The minimum atomic E-state index is -0.195. The molecule has 120 valence electrons. The zero-order valence-electron chi connectivity index (χ0n) is 13.5. The topological polar surface area (TPSA) is 46.6 Å². The second-order valence-corrected chi connectivity index (χ2v) is 5.20. The van der Waals surface area contributed by atoms with E-state index in [-0.39, 0.29) is 5.97 Å². The normalized spacial score (nSPS) is 10.2. The molecule has 0 bridgehead atoms. The van der Waals surface area contributed by atoms with E-state index in [0.717, 1.165) is 29.8 Å². The number of hydrogen-bond donors (Lipinski definition) is 0. The quantitative estimate of drug-likeness (QED) is 0.577. The Morgan fingerprint density at radius 3 is 2.09 bits per heavy atom. The molecule has 2 rings (SSSR count). The molecule has 4 heteroatoms. The van der Waals surface area contributed by atoms with Gasteiger partial charge in [-0.2, -0.15) is 0 Å². The van der Waals surface area contributed by atoms with E-state index in [1.807, 2.05) is 48.5 Å². The van der Waals surface area contributed by atoms with Crippen LogP contribution in [0.4, 0.5) is 11.4 Å². The van der Waals surface area contributed by atoms with Crippen molar-refractivity contribution < 1.29 is 14.3 Å². The lowest BCUT2D eigenvalue weighted by Crippen LogP contribution is -2.15. The first-order chi connectivity index (χ1) is 11.2. The van der Waals surface area contributed by atoms with Gasteiger partial charge in [-0.15, -0.1) is 0 Å².